The number of nitrogens with one attached hydrogen (secondary N) is 1. The van der Waals surface area contributed by atoms with Crippen LogP contribution in [0.15, 0.2) is 24.3 Å². The molecule has 0 spiro atoms. The van der Waals surface area contributed by atoms with Gasteiger partial charge in [0.15, 0.2) is 0 Å². The van der Waals surface area contributed by atoms with Gasteiger partial charge in [0.05, 0.1) is 18.3 Å². The number of hydrogen-bond acceptors (Lipinski definition) is 5. The van der Waals surface area contributed by atoms with Crippen LogP contribution < -0.4 is 15.7 Å². The minimum atomic E-state index is -0.355. The molecular formula is C19H29BN2O4. The van der Waals surface area contributed by atoms with Crippen LogP contribution in [0.2, 0.25) is 0 Å². The second-order valence-electron chi connectivity index (χ2n) is 8.08. The van der Waals surface area contributed by atoms with Gasteiger partial charge in [-0.1, -0.05) is 12.1 Å². The molecule has 1 amide bonds. The molecule has 0 saturated carbocycles. The third-order valence-corrected chi connectivity index (χ3v) is 5.76. The van der Waals surface area contributed by atoms with E-state index in [2.05, 4.69) is 66.9 Å². The predicted molar refractivity (Wildman–Crippen MR) is 103 cm³/mol. The van der Waals surface area contributed by atoms with Gasteiger partial charge in [0.2, 0.25) is 0 Å². The van der Waals surface area contributed by atoms with E-state index in [0.717, 1.165) is 37.1 Å². The molecule has 26 heavy (non-hydrogen) atoms. The fourth-order valence-corrected chi connectivity index (χ4v) is 3.35. The predicted octanol–water partition coefficient (Wildman–Crippen LogP) is 2.31. The van der Waals surface area contributed by atoms with Gasteiger partial charge in [-0.2, -0.15) is 0 Å². The number of benzene rings is 1. The average molecular weight is 360 g/mol. The molecule has 1 aromatic carbocycles. The Hall–Kier alpha value is -1.73. The van der Waals surface area contributed by atoms with Crippen molar-refractivity contribution in [3.63, 3.8) is 0 Å². The Morgan fingerprint density at radius 2 is 1.81 bits per heavy atom. The quantitative estimate of drug-likeness (QED) is 0.839. The number of hydrogen-bond donors (Lipinski definition) is 1. The molecule has 2 aliphatic heterocycles. The Balaban J connectivity index is 1.65. The number of carbonyl (C=O) groups is 1. The molecule has 2 heterocycles. The molecule has 0 aromatic heterocycles. The number of methoxy groups -OCH3 is 1. The van der Waals surface area contributed by atoms with Crippen molar-refractivity contribution < 1.29 is 18.8 Å². The highest BCUT2D eigenvalue weighted by Crippen LogP contribution is 2.36. The molecule has 7 heteroatoms. The summed E-state index contributed by atoms with van der Waals surface area (Å²) in [6.07, 6.45) is 1.44. The zero-order chi connectivity index (χ0) is 18.9. The van der Waals surface area contributed by atoms with Crippen molar-refractivity contribution in [1.82, 2.24) is 5.32 Å². The topological polar surface area (TPSA) is 60.0 Å². The van der Waals surface area contributed by atoms with Gasteiger partial charge in [-0.25, -0.2) is 4.79 Å². The number of nitrogens with zero attached hydrogens (tertiary/aromatic N) is 1. The molecule has 3 rings (SSSR count). The number of rotatable bonds is 3. The summed E-state index contributed by atoms with van der Waals surface area (Å²) in [6.45, 7) is 10.0. The summed E-state index contributed by atoms with van der Waals surface area (Å²) < 4.78 is 17.0. The first-order valence-corrected chi connectivity index (χ1v) is 9.27. The van der Waals surface area contributed by atoms with E-state index in [1.807, 2.05) is 0 Å². The van der Waals surface area contributed by atoms with Crippen LogP contribution in [0.3, 0.4) is 0 Å². The lowest BCUT2D eigenvalue weighted by Gasteiger charge is -2.34. The van der Waals surface area contributed by atoms with Gasteiger partial charge < -0.3 is 24.3 Å². The number of amides is 1. The zero-order valence-electron chi connectivity index (χ0n) is 16.4. The van der Waals surface area contributed by atoms with Crippen LogP contribution in [0.1, 0.15) is 40.5 Å². The lowest BCUT2D eigenvalue weighted by molar-refractivity contribution is 0.00578. The largest absolute Gasteiger partial charge is 0.494 e. The van der Waals surface area contributed by atoms with Crippen molar-refractivity contribution in [3.8, 4) is 0 Å². The van der Waals surface area contributed by atoms with Crippen LogP contribution in [-0.4, -0.2) is 50.7 Å². The van der Waals surface area contributed by atoms with E-state index < -0.39 is 0 Å². The van der Waals surface area contributed by atoms with Crippen LogP contribution >= 0.6 is 0 Å². The Bertz CT molecular complexity index is 641. The van der Waals surface area contributed by atoms with Gasteiger partial charge in [-0.15, -0.1) is 0 Å². The van der Waals surface area contributed by atoms with Crippen molar-refractivity contribution in [2.24, 2.45) is 0 Å². The fourth-order valence-electron chi connectivity index (χ4n) is 3.35. The summed E-state index contributed by atoms with van der Waals surface area (Å²) in [5.41, 5.74) is 1.52. The van der Waals surface area contributed by atoms with Crippen molar-refractivity contribution in [3.05, 3.63) is 24.3 Å². The number of anilines is 1. The maximum absolute atomic E-state index is 11.4. The summed E-state index contributed by atoms with van der Waals surface area (Å²) in [5, 5.41) is 2.89. The van der Waals surface area contributed by atoms with Crippen LogP contribution in [0, 0.1) is 0 Å². The van der Waals surface area contributed by atoms with Crippen molar-refractivity contribution in [2.75, 3.05) is 25.1 Å². The summed E-state index contributed by atoms with van der Waals surface area (Å²) in [6, 6.07) is 8.54. The molecule has 0 bridgehead atoms. The Morgan fingerprint density at radius 3 is 2.38 bits per heavy atom. The second kappa shape index (κ2) is 7.12. The summed E-state index contributed by atoms with van der Waals surface area (Å²) in [7, 11) is 1.05. The third-order valence-electron chi connectivity index (χ3n) is 5.76. The standard InChI is InChI=1S/C19H29BN2O4/c1-18(2)19(3,4)26-20(25-18)14-7-6-8-16(13-14)22-11-9-15(10-12-22)21-17(23)24-5/h6-8,13,15H,9-12H2,1-5H3,(H,21,23). The molecule has 0 unspecified atom stereocenters. The molecule has 1 aromatic rings. The Morgan fingerprint density at radius 1 is 1.19 bits per heavy atom. The first-order valence-electron chi connectivity index (χ1n) is 9.27. The van der Waals surface area contributed by atoms with Gasteiger partial charge >= 0.3 is 13.2 Å². The highest BCUT2D eigenvalue weighted by Gasteiger charge is 2.51. The van der Waals surface area contributed by atoms with Crippen LogP contribution in [0.4, 0.5) is 10.5 Å². The van der Waals surface area contributed by atoms with Crippen LogP contribution in [-0.2, 0) is 14.0 Å². The third kappa shape index (κ3) is 3.83. The van der Waals surface area contributed by atoms with E-state index in [-0.39, 0.29) is 30.5 Å². The minimum Gasteiger partial charge on any atom is -0.453 e. The summed E-state index contributed by atoms with van der Waals surface area (Å²) >= 11 is 0. The number of piperidine rings is 1. The van der Waals surface area contributed by atoms with E-state index >= 15 is 0 Å². The van der Waals surface area contributed by atoms with E-state index in [9.17, 15) is 4.79 Å². The molecule has 0 radical (unpaired) electrons. The molecule has 6 nitrogen and oxygen atoms in total. The average Bonchev–Trinajstić information content (AvgIpc) is 2.83. The molecule has 2 saturated heterocycles. The van der Waals surface area contributed by atoms with Gasteiger partial charge in [0, 0.05) is 24.8 Å². The number of carbonyl (C=O) groups excluding carboxylic acids is 1. The van der Waals surface area contributed by atoms with Crippen molar-refractivity contribution >= 4 is 24.4 Å². The van der Waals surface area contributed by atoms with Gasteiger partial charge in [0.25, 0.3) is 0 Å². The van der Waals surface area contributed by atoms with Crippen LogP contribution in [0.5, 0.6) is 0 Å². The monoisotopic (exact) mass is 360 g/mol. The first-order chi connectivity index (χ1) is 12.2. The van der Waals surface area contributed by atoms with E-state index in [1.54, 1.807) is 0 Å². The SMILES string of the molecule is COC(=O)NC1CCN(c2cccc(B3OC(C)(C)C(C)(C)O3)c2)CC1. The number of alkyl carbamates (subject to hydrolysis) is 1. The smallest absolute Gasteiger partial charge is 0.453 e. The lowest BCUT2D eigenvalue weighted by atomic mass is 9.79. The van der Waals surface area contributed by atoms with E-state index in [1.165, 1.54) is 7.11 Å². The summed E-state index contributed by atoms with van der Waals surface area (Å²) in [5.74, 6) is 0. The lowest BCUT2D eigenvalue weighted by Crippen LogP contribution is -2.45. The van der Waals surface area contributed by atoms with Crippen LogP contribution in [0.25, 0.3) is 0 Å². The molecular weight excluding hydrogens is 331 g/mol. The van der Waals surface area contributed by atoms with Gasteiger partial charge in [0.1, 0.15) is 0 Å². The van der Waals surface area contributed by atoms with E-state index in [4.69, 9.17) is 9.31 Å². The maximum Gasteiger partial charge on any atom is 0.494 e. The zero-order valence-corrected chi connectivity index (χ0v) is 16.4. The minimum absolute atomic E-state index is 0.171. The molecule has 0 aliphatic carbocycles. The normalized spacial score (nSPS) is 22.3. The first kappa shape index (κ1) is 19.0. The molecule has 1 N–H and O–H groups in total. The van der Waals surface area contributed by atoms with Gasteiger partial charge in [-0.3, -0.25) is 0 Å². The molecule has 142 valence electrons. The Labute approximate surface area is 156 Å². The fraction of sp³-hybridized carbons (Fsp3) is 0.632. The van der Waals surface area contributed by atoms with Crippen molar-refractivity contribution in [2.45, 2.75) is 57.8 Å². The van der Waals surface area contributed by atoms with E-state index in [0.29, 0.717) is 0 Å². The molecule has 0 atom stereocenters. The molecule has 2 fully saturated rings. The number of ether oxygens (including phenoxy) is 1. The Kier molecular flexibility index (Phi) is 5.22. The highest BCUT2D eigenvalue weighted by atomic mass is 16.7. The second-order valence-corrected chi connectivity index (χ2v) is 8.08. The highest BCUT2D eigenvalue weighted by molar-refractivity contribution is 6.62. The van der Waals surface area contributed by atoms with Gasteiger partial charge in [-0.05, 0) is 58.1 Å². The maximum atomic E-state index is 11.4. The molecule has 2 aliphatic rings. The van der Waals surface area contributed by atoms with Crippen molar-refractivity contribution in [1.29, 1.82) is 0 Å². The summed E-state index contributed by atoms with van der Waals surface area (Å²) in [4.78, 5) is 13.7.